The van der Waals surface area contributed by atoms with E-state index in [0.29, 0.717) is 5.57 Å². The second kappa shape index (κ2) is 4.04. The predicted molar refractivity (Wildman–Crippen MR) is 54.7 cm³/mol. The Morgan fingerprint density at radius 1 is 1.38 bits per heavy atom. The van der Waals surface area contributed by atoms with E-state index in [0.717, 1.165) is 31.1 Å². The molecule has 1 aromatic carbocycles. The number of rotatable bonds is 3. The van der Waals surface area contributed by atoms with Crippen molar-refractivity contribution < 1.29 is 18.7 Å². The highest BCUT2D eigenvalue weighted by Crippen LogP contribution is 2.42. The van der Waals surface area contributed by atoms with E-state index >= 15 is 0 Å². The molecular weight excluding hydrogens is 214 g/mol. The average molecular weight is 224 g/mol. The molecule has 2 nitrogen and oxygen atoms in total. The first-order valence-electron chi connectivity index (χ1n) is 4.98. The molecule has 1 fully saturated rings. The van der Waals surface area contributed by atoms with Gasteiger partial charge in [-0.3, -0.25) is 0 Å². The van der Waals surface area contributed by atoms with Crippen molar-refractivity contribution in [3.8, 4) is 0 Å². The molecular formula is C12H10F2O2. The van der Waals surface area contributed by atoms with Crippen LogP contribution in [0.3, 0.4) is 0 Å². The lowest BCUT2D eigenvalue weighted by Crippen LogP contribution is -1.97. The van der Waals surface area contributed by atoms with E-state index in [2.05, 4.69) is 0 Å². The van der Waals surface area contributed by atoms with E-state index in [-0.39, 0.29) is 11.5 Å². The lowest BCUT2D eigenvalue weighted by atomic mass is 10.0. The van der Waals surface area contributed by atoms with Gasteiger partial charge in [-0.05, 0) is 36.5 Å². The Labute approximate surface area is 91.2 Å². The van der Waals surface area contributed by atoms with Crippen LogP contribution in [0.2, 0.25) is 0 Å². The van der Waals surface area contributed by atoms with Gasteiger partial charge in [0, 0.05) is 17.7 Å². The molecule has 16 heavy (non-hydrogen) atoms. The van der Waals surface area contributed by atoms with Crippen molar-refractivity contribution in [1.82, 2.24) is 0 Å². The second-order valence-corrected chi connectivity index (χ2v) is 3.84. The minimum atomic E-state index is -1.11. The minimum Gasteiger partial charge on any atom is -0.478 e. The van der Waals surface area contributed by atoms with Gasteiger partial charge in [0.2, 0.25) is 0 Å². The number of carbonyl (C=O) groups is 1. The van der Waals surface area contributed by atoms with Gasteiger partial charge in [0.15, 0.2) is 0 Å². The number of hydrogen-bond donors (Lipinski definition) is 1. The van der Waals surface area contributed by atoms with Gasteiger partial charge in [0.25, 0.3) is 0 Å². The summed E-state index contributed by atoms with van der Waals surface area (Å²) in [6.07, 6.45) is 2.72. The third-order valence-electron chi connectivity index (χ3n) is 2.54. The van der Waals surface area contributed by atoms with Gasteiger partial charge in [0.05, 0.1) is 0 Å². The normalized spacial score (nSPS) is 16.2. The van der Waals surface area contributed by atoms with Crippen LogP contribution in [0.25, 0.3) is 5.57 Å². The second-order valence-electron chi connectivity index (χ2n) is 3.84. The van der Waals surface area contributed by atoms with Gasteiger partial charge in [0.1, 0.15) is 11.6 Å². The van der Waals surface area contributed by atoms with Gasteiger partial charge in [-0.1, -0.05) is 0 Å². The first-order valence-corrected chi connectivity index (χ1v) is 4.98. The maximum absolute atomic E-state index is 13.5. The van der Waals surface area contributed by atoms with Gasteiger partial charge in [-0.2, -0.15) is 0 Å². The third-order valence-corrected chi connectivity index (χ3v) is 2.54. The maximum atomic E-state index is 13.5. The fourth-order valence-electron chi connectivity index (χ4n) is 1.67. The molecule has 0 aromatic heterocycles. The molecule has 0 heterocycles. The molecule has 1 aliphatic rings. The molecule has 0 aliphatic heterocycles. The smallest absolute Gasteiger partial charge is 0.328 e. The summed E-state index contributed by atoms with van der Waals surface area (Å²) in [6.45, 7) is 0. The summed E-state index contributed by atoms with van der Waals surface area (Å²) in [7, 11) is 0. The highest BCUT2D eigenvalue weighted by atomic mass is 19.1. The number of allylic oxidation sites excluding steroid dienone is 1. The van der Waals surface area contributed by atoms with Crippen molar-refractivity contribution in [3.63, 3.8) is 0 Å². The molecule has 0 spiro atoms. The summed E-state index contributed by atoms with van der Waals surface area (Å²) in [6, 6.07) is 3.20. The molecule has 0 radical (unpaired) electrons. The van der Waals surface area contributed by atoms with Crippen LogP contribution in [-0.4, -0.2) is 11.1 Å². The van der Waals surface area contributed by atoms with E-state index in [9.17, 15) is 13.6 Å². The summed E-state index contributed by atoms with van der Waals surface area (Å²) in [5.74, 6) is -2.38. The van der Waals surface area contributed by atoms with Crippen molar-refractivity contribution in [2.24, 2.45) is 5.92 Å². The Bertz CT molecular complexity index is 462. The summed E-state index contributed by atoms with van der Waals surface area (Å²) in [4.78, 5) is 10.6. The van der Waals surface area contributed by atoms with Crippen molar-refractivity contribution in [2.75, 3.05) is 0 Å². The fourth-order valence-corrected chi connectivity index (χ4v) is 1.67. The standard InChI is InChI=1S/C12H10F2O2/c13-8-3-4-9(11(14)5-8)10(6-12(15)16)7-1-2-7/h3-7H,1-2H2,(H,15,16)/b10-6+. The van der Waals surface area contributed by atoms with E-state index in [1.54, 1.807) is 0 Å². The first kappa shape index (κ1) is 10.8. The molecule has 2 rings (SSSR count). The van der Waals surface area contributed by atoms with Gasteiger partial charge < -0.3 is 5.11 Å². The average Bonchev–Trinajstić information content (AvgIpc) is 2.97. The highest BCUT2D eigenvalue weighted by molar-refractivity contribution is 5.91. The topological polar surface area (TPSA) is 37.3 Å². The number of carboxylic acid groups (broad SMARTS) is 1. The lowest BCUT2D eigenvalue weighted by Gasteiger charge is -2.06. The Morgan fingerprint density at radius 2 is 2.06 bits per heavy atom. The maximum Gasteiger partial charge on any atom is 0.328 e. The van der Waals surface area contributed by atoms with E-state index in [1.807, 2.05) is 0 Å². The van der Waals surface area contributed by atoms with Crippen LogP contribution in [0.5, 0.6) is 0 Å². The summed E-state index contributed by atoms with van der Waals surface area (Å²) < 4.78 is 26.2. The summed E-state index contributed by atoms with van der Waals surface area (Å²) in [5.41, 5.74) is 0.635. The van der Waals surface area contributed by atoms with Crippen LogP contribution < -0.4 is 0 Å². The number of halogens is 2. The van der Waals surface area contributed by atoms with Gasteiger partial charge in [-0.15, -0.1) is 0 Å². The van der Waals surface area contributed by atoms with Crippen LogP contribution >= 0.6 is 0 Å². The monoisotopic (exact) mass is 224 g/mol. The molecule has 0 amide bonds. The summed E-state index contributed by atoms with van der Waals surface area (Å²) >= 11 is 0. The van der Waals surface area contributed by atoms with Crippen LogP contribution in [0, 0.1) is 17.6 Å². The molecule has 1 aliphatic carbocycles. The molecule has 0 atom stereocenters. The van der Waals surface area contributed by atoms with Crippen LogP contribution in [0.15, 0.2) is 24.3 Å². The SMILES string of the molecule is O=C(O)/C=C(/c1ccc(F)cc1F)C1CC1. The molecule has 0 saturated heterocycles. The third kappa shape index (κ3) is 2.27. The van der Waals surface area contributed by atoms with E-state index in [4.69, 9.17) is 5.11 Å². The summed E-state index contributed by atoms with van der Waals surface area (Å²) in [5, 5.41) is 8.69. The number of aliphatic carboxylic acids is 1. The number of carboxylic acids is 1. The fraction of sp³-hybridized carbons (Fsp3) is 0.250. The van der Waals surface area contributed by atoms with E-state index in [1.165, 1.54) is 6.07 Å². The van der Waals surface area contributed by atoms with Crippen LogP contribution in [-0.2, 0) is 4.79 Å². The molecule has 84 valence electrons. The van der Waals surface area contributed by atoms with Crippen LogP contribution in [0.4, 0.5) is 8.78 Å². The molecule has 0 unspecified atom stereocenters. The Hall–Kier alpha value is -1.71. The number of benzene rings is 1. The Kier molecular flexibility index (Phi) is 2.73. The highest BCUT2D eigenvalue weighted by Gasteiger charge is 2.29. The largest absolute Gasteiger partial charge is 0.478 e. The molecule has 4 heteroatoms. The molecule has 1 saturated carbocycles. The first-order chi connectivity index (χ1) is 7.58. The van der Waals surface area contributed by atoms with Crippen molar-refractivity contribution in [1.29, 1.82) is 0 Å². The zero-order chi connectivity index (χ0) is 11.7. The van der Waals surface area contributed by atoms with E-state index < -0.39 is 17.6 Å². The van der Waals surface area contributed by atoms with Gasteiger partial charge >= 0.3 is 5.97 Å². The quantitative estimate of drug-likeness (QED) is 0.801. The van der Waals surface area contributed by atoms with Crippen molar-refractivity contribution in [2.45, 2.75) is 12.8 Å². The Balaban J connectivity index is 2.43. The molecule has 0 bridgehead atoms. The van der Waals surface area contributed by atoms with Crippen molar-refractivity contribution >= 4 is 11.5 Å². The van der Waals surface area contributed by atoms with Gasteiger partial charge in [-0.25, -0.2) is 13.6 Å². The minimum absolute atomic E-state index is 0.0936. The number of hydrogen-bond acceptors (Lipinski definition) is 1. The zero-order valence-corrected chi connectivity index (χ0v) is 8.41. The van der Waals surface area contributed by atoms with Crippen LogP contribution in [0.1, 0.15) is 18.4 Å². The Morgan fingerprint density at radius 3 is 2.56 bits per heavy atom. The predicted octanol–water partition coefficient (Wildman–Crippen LogP) is 2.84. The molecule has 1 aromatic rings. The molecule has 1 N–H and O–H groups in total. The lowest BCUT2D eigenvalue weighted by molar-refractivity contribution is -0.131. The zero-order valence-electron chi connectivity index (χ0n) is 8.41. The van der Waals surface area contributed by atoms with Crippen molar-refractivity contribution in [3.05, 3.63) is 41.5 Å².